The molecule has 5 nitrogen and oxygen atoms in total. The molecule has 1 amide bonds. The number of carbonyl (C=O) groups is 1. The molecule has 5 heteroatoms. The van der Waals surface area contributed by atoms with Gasteiger partial charge in [0.05, 0.1) is 5.56 Å². The summed E-state index contributed by atoms with van der Waals surface area (Å²) in [5.74, 6) is 0.761. The molecule has 0 atom stereocenters. The Morgan fingerprint density at radius 3 is 2.77 bits per heavy atom. The number of amides is 1. The van der Waals surface area contributed by atoms with Crippen molar-refractivity contribution >= 4 is 11.7 Å². The van der Waals surface area contributed by atoms with Crippen LogP contribution in [0.25, 0.3) is 0 Å². The molecule has 0 saturated carbocycles. The molecule has 0 aliphatic heterocycles. The summed E-state index contributed by atoms with van der Waals surface area (Å²) in [6.07, 6.45) is 7.27. The van der Waals surface area contributed by atoms with Gasteiger partial charge in [-0.15, -0.1) is 0 Å². The first-order chi connectivity index (χ1) is 10.7. The van der Waals surface area contributed by atoms with Crippen LogP contribution in [0.4, 0.5) is 5.82 Å². The van der Waals surface area contributed by atoms with Gasteiger partial charge in [0.2, 0.25) is 0 Å². The summed E-state index contributed by atoms with van der Waals surface area (Å²) in [5.41, 5.74) is 1.70. The van der Waals surface area contributed by atoms with Crippen LogP contribution in [0.2, 0.25) is 0 Å². The molecule has 22 heavy (non-hydrogen) atoms. The zero-order valence-corrected chi connectivity index (χ0v) is 13.1. The third kappa shape index (κ3) is 4.55. The van der Waals surface area contributed by atoms with Gasteiger partial charge < -0.3 is 10.2 Å². The molecule has 0 saturated heterocycles. The normalized spacial score (nSPS) is 10.3. The molecule has 0 bridgehead atoms. The fourth-order valence-corrected chi connectivity index (χ4v) is 2.04. The number of carbonyl (C=O) groups excluding carboxylic acids is 1. The van der Waals surface area contributed by atoms with Gasteiger partial charge in [0, 0.05) is 38.7 Å². The third-order valence-electron chi connectivity index (χ3n) is 3.40. The van der Waals surface area contributed by atoms with Crippen molar-refractivity contribution in [1.29, 1.82) is 0 Å². The van der Waals surface area contributed by atoms with E-state index in [2.05, 4.69) is 22.2 Å². The average molecular weight is 298 g/mol. The van der Waals surface area contributed by atoms with Crippen molar-refractivity contribution in [3.8, 4) is 0 Å². The van der Waals surface area contributed by atoms with E-state index in [0.717, 1.165) is 30.8 Å². The summed E-state index contributed by atoms with van der Waals surface area (Å²) in [4.78, 5) is 22.3. The van der Waals surface area contributed by atoms with Gasteiger partial charge in [0.1, 0.15) is 5.82 Å². The standard InChI is InChI=1S/C17H22N4O/c1-3-4-10-21(2)17(22)15-7-8-16(20-13-15)19-12-14-6-5-9-18-11-14/h5-9,11,13H,3-4,10,12H2,1-2H3,(H,19,20). The van der Waals surface area contributed by atoms with E-state index in [1.54, 1.807) is 17.3 Å². The Bertz CT molecular complexity index is 583. The fourth-order valence-electron chi connectivity index (χ4n) is 2.04. The summed E-state index contributed by atoms with van der Waals surface area (Å²) < 4.78 is 0. The summed E-state index contributed by atoms with van der Waals surface area (Å²) in [5, 5.41) is 3.21. The predicted molar refractivity (Wildman–Crippen MR) is 87.7 cm³/mol. The van der Waals surface area contributed by atoms with Crippen LogP contribution in [0.3, 0.4) is 0 Å². The SMILES string of the molecule is CCCCN(C)C(=O)c1ccc(NCc2cccnc2)nc1. The van der Waals surface area contributed by atoms with Crippen LogP contribution in [0, 0.1) is 0 Å². The topological polar surface area (TPSA) is 58.1 Å². The summed E-state index contributed by atoms with van der Waals surface area (Å²) in [6.45, 7) is 3.55. The number of aromatic nitrogens is 2. The van der Waals surface area contributed by atoms with Crippen LogP contribution in [-0.4, -0.2) is 34.4 Å². The van der Waals surface area contributed by atoms with Crippen molar-refractivity contribution in [2.24, 2.45) is 0 Å². The van der Waals surface area contributed by atoms with Crippen LogP contribution in [0.1, 0.15) is 35.7 Å². The maximum atomic E-state index is 12.2. The summed E-state index contributed by atoms with van der Waals surface area (Å²) in [7, 11) is 1.83. The van der Waals surface area contributed by atoms with E-state index < -0.39 is 0 Å². The lowest BCUT2D eigenvalue weighted by Gasteiger charge is -2.16. The molecule has 1 N–H and O–H groups in total. The van der Waals surface area contributed by atoms with Gasteiger partial charge in [-0.05, 0) is 30.2 Å². The lowest BCUT2D eigenvalue weighted by molar-refractivity contribution is 0.0793. The Morgan fingerprint density at radius 1 is 1.27 bits per heavy atom. The van der Waals surface area contributed by atoms with E-state index in [1.807, 2.05) is 37.5 Å². The van der Waals surface area contributed by atoms with Gasteiger partial charge in [0.15, 0.2) is 0 Å². The molecule has 0 aromatic carbocycles. The maximum absolute atomic E-state index is 12.2. The van der Waals surface area contributed by atoms with Crippen molar-refractivity contribution in [3.05, 3.63) is 54.0 Å². The fraction of sp³-hybridized carbons (Fsp3) is 0.353. The number of anilines is 1. The molecular weight excluding hydrogens is 276 g/mol. The average Bonchev–Trinajstić information content (AvgIpc) is 2.58. The summed E-state index contributed by atoms with van der Waals surface area (Å²) >= 11 is 0. The van der Waals surface area contributed by atoms with Crippen LogP contribution >= 0.6 is 0 Å². The highest BCUT2D eigenvalue weighted by Crippen LogP contribution is 2.09. The van der Waals surface area contributed by atoms with Gasteiger partial charge in [0.25, 0.3) is 5.91 Å². The van der Waals surface area contributed by atoms with Gasteiger partial charge in [-0.3, -0.25) is 9.78 Å². The Morgan fingerprint density at radius 2 is 2.14 bits per heavy atom. The molecule has 2 aromatic heterocycles. The quantitative estimate of drug-likeness (QED) is 0.854. The first-order valence-electron chi connectivity index (χ1n) is 7.55. The van der Waals surface area contributed by atoms with Crippen LogP contribution in [-0.2, 0) is 6.54 Å². The first-order valence-corrected chi connectivity index (χ1v) is 7.55. The van der Waals surface area contributed by atoms with Crippen molar-refractivity contribution in [1.82, 2.24) is 14.9 Å². The van der Waals surface area contributed by atoms with E-state index >= 15 is 0 Å². The number of hydrogen-bond donors (Lipinski definition) is 1. The second kappa shape index (κ2) is 8.12. The van der Waals surface area contributed by atoms with Gasteiger partial charge >= 0.3 is 0 Å². The minimum atomic E-state index is 0.0137. The smallest absolute Gasteiger partial charge is 0.255 e. The highest BCUT2D eigenvalue weighted by molar-refractivity contribution is 5.93. The molecule has 0 unspecified atom stereocenters. The molecule has 2 rings (SSSR count). The third-order valence-corrected chi connectivity index (χ3v) is 3.40. The van der Waals surface area contributed by atoms with Crippen LogP contribution in [0.15, 0.2) is 42.9 Å². The molecule has 0 spiro atoms. The lowest BCUT2D eigenvalue weighted by Crippen LogP contribution is -2.27. The molecule has 0 radical (unpaired) electrons. The van der Waals surface area contributed by atoms with Gasteiger partial charge in [-0.25, -0.2) is 4.98 Å². The minimum Gasteiger partial charge on any atom is -0.366 e. The summed E-state index contributed by atoms with van der Waals surface area (Å²) in [6, 6.07) is 7.54. The van der Waals surface area contributed by atoms with E-state index in [9.17, 15) is 4.79 Å². The van der Waals surface area contributed by atoms with Gasteiger partial charge in [-0.2, -0.15) is 0 Å². The second-order valence-corrected chi connectivity index (χ2v) is 5.23. The number of hydrogen-bond acceptors (Lipinski definition) is 4. The Balaban J connectivity index is 1.91. The Hall–Kier alpha value is -2.43. The number of rotatable bonds is 7. The predicted octanol–water partition coefficient (Wildman–Crippen LogP) is 2.96. The number of pyridine rings is 2. The molecule has 0 fully saturated rings. The zero-order valence-electron chi connectivity index (χ0n) is 13.1. The first kappa shape index (κ1) is 15.9. The lowest BCUT2D eigenvalue weighted by atomic mass is 10.2. The molecule has 2 heterocycles. The van der Waals surface area contributed by atoms with E-state index in [4.69, 9.17) is 0 Å². The molecule has 2 aromatic rings. The van der Waals surface area contributed by atoms with E-state index in [0.29, 0.717) is 12.1 Å². The van der Waals surface area contributed by atoms with Crippen molar-refractivity contribution in [3.63, 3.8) is 0 Å². The zero-order chi connectivity index (χ0) is 15.8. The molecule has 0 aliphatic rings. The van der Waals surface area contributed by atoms with E-state index in [-0.39, 0.29) is 5.91 Å². The minimum absolute atomic E-state index is 0.0137. The van der Waals surface area contributed by atoms with Crippen molar-refractivity contribution in [2.45, 2.75) is 26.3 Å². The molecule has 116 valence electrons. The van der Waals surface area contributed by atoms with Crippen LogP contribution in [0.5, 0.6) is 0 Å². The second-order valence-electron chi connectivity index (χ2n) is 5.23. The number of unbranched alkanes of at least 4 members (excludes halogenated alkanes) is 1. The monoisotopic (exact) mass is 298 g/mol. The highest BCUT2D eigenvalue weighted by Gasteiger charge is 2.11. The van der Waals surface area contributed by atoms with Crippen molar-refractivity contribution < 1.29 is 4.79 Å². The van der Waals surface area contributed by atoms with E-state index in [1.165, 1.54) is 0 Å². The number of nitrogens with zero attached hydrogens (tertiary/aromatic N) is 3. The van der Waals surface area contributed by atoms with Crippen LogP contribution < -0.4 is 5.32 Å². The highest BCUT2D eigenvalue weighted by atomic mass is 16.2. The van der Waals surface area contributed by atoms with Gasteiger partial charge in [-0.1, -0.05) is 19.4 Å². The maximum Gasteiger partial charge on any atom is 0.255 e. The van der Waals surface area contributed by atoms with Crippen molar-refractivity contribution in [2.75, 3.05) is 18.9 Å². The number of nitrogens with one attached hydrogen (secondary N) is 1. The molecular formula is C17H22N4O. The molecule has 0 aliphatic carbocycles. The largest absolute Gasteiger partial charge is 0.366 e. The Labute approximate surface area is 131 Å². The Kier molecular flexibility index (Phi) is 5.89.